The van der Waals surface area contributed by atoms with Crippen LogP contribution < -0.4 is 4.90 Å². The Kier molecular flexibility index (Phi) is 5.25. The standard InChI is InChI=1S/C18H20FN3O3/c19-15-4-6-16(7-5-15)21-10-8-20(9-11-21)13-18(23)14-2-1-3-17(12-14)22(24)25/h1-7,12,18,23H,8-11,13H2. The summed E-state index contributed by atoms with van der Waals surface area (Å²) in [4.78, 5) is 14.7. The van der Waals surface area contributed by atoms with E-state index >= 15 is 0 Å². The van der Waals surface area contributed by atoms with Crippen molar-refractivity contribution in [3.63, 3.8) is 0 Å². The predicted molar refractivity (Wildman–Crippen MR) is 93.1 cm³/mol. The molecule has 3 rings (SSSR count). The molecule has 0 aromatic heterocycles. The second-order valence-corrected chi connectivity index (χ2v) is 6.13. The highest BCUT2D eigenvalue weighted by Crippen LogP contribution is 2.22. The molecule has 1 unspecified atom stereocenters. The van der Waals surface area contributed by atoms with Gasteiger partial charge in [0.1, 0.15) is 5.82 Å². The lowest BCUT2D eigenvalue weighted by Gasteiger charge is -2.37. The molecule has 0 spiro atoms. The summed E-state index contributed by atoms with van der Waals surface area (Å²) in [7, 11) is 0. The average Bonchev–Trinajstić information content (AvgIpc) is 2.63. The normalized spacial score (nSPS) is 16.6. The van der Waals surface area contributed by atoms with Gasteiger partial charge in [0, 0.05) is 50.5 Å². The van der Waals surface area contributed by atoms with E-state index in [0.29, 0.717) is 12.1 Å². The molecule has 1 atom stereocenters. The van der Waals surface area contributed by atoms with Crippen LogP contribution in [0.5, 0.6) is 0 Å². The van der Waals surface area contributed by atoms with Crippen LogP contribution in [0.1, 0.15) is 11.7 Å². The second kappa shape index (κ2) is 7.58. The van der Waals surface area contributed by atoms with Crippen molar-refractivity contribution in [1.29, 1.82) is 0 Å². The fraction of sp³-hybridized carbons (Fsp3) is 0.333. The van der Waals surface area contributed by atoms with Crippen LogP contribution in [-0.4, -0.2) is 47.7 Å². The molecule has 2 aromatic rings. The fourth-order valence-electron chi connectivity index (χ4n) is 3.04. The van der Waals surface area contributed by atoms with Gasteiger partial charge in [0.15, 0.2) is 0 Å². The Morgan fingerprint density at radius 3 is 2.44 bits per heavy atom. The number of halogens is 1. The zero-order valence-electron chi connectivity index (χ0n) is 13.7. The maximum Gasteiger partial charge on any atom is 0.269 e. The summed E-state index contributed by atoms with van der Waals surface area (Å²) in [6.07, 6.45) is -0.766. The van der Waals surface area contributed by atoms with E-state index in [1.54, 1.807) is 24.3 Å². The fourth-order valence-corrected chi connectivity index (χ4v) is 3.04. The SMILES string of the molecule is O=[N+]([O-])c1cccc(C(O)CN2CCN(c3ccc(F)cc3)CC2)c1. The molecular weight excluding hydrogens is 325 g/mol. The average molecular weight is 345 g/mol. The van der Waals surface area contributed by atoms with E-state index < -0.39 is 11.0 Å². The number of hydrogen-bond donors (Lipinski definition) is 1. The van der Waals surface area contributed by atoms with Crippen LogP contribution in [0.2, 0.25) is 0 Å². The Morgan fingerprint density at radius 2 is 1.80 bits per heavy atom. The van der Waals surface area contributed by atoms with E-state index in [2.05, 4.69) is 9.80 Å². The van der Waals surface area contributed by atoms with Crippen LogP contribution in [0.15, 0.2) is 48.5 Å². The first kappa shape index (κ1) is 17.3. The first-order valence-corrected chi connectivity index (χ1v) is 8.18. The number of piperazine rings is 1. The Bertz CT molecular complexity index is 731. The van der Waals surface area contributed by atoms with Gasteiger partial charge in [-0.3, -0.25) is 15.0 Å². The number of aliphatic hydroxyl groups is 1. The van der Waals surface area contributed by atoms with Crippen LogP contribution in [0.4, 0.5) is 15.8 Å². The summed E-state index contributed by atoms with van der Waals surface area (Å²) in [6.45, 7) is 3.53. The monoisotopic (exact) mass is 345 g/mol. The van der Waals surface area contributed by atoms with E-state index in [0.717, 1.165) is 31.9 Å². The minimum Gasteiger partial charge on any atom is -0.387 e. The van der Waals surface area contributed by atoms with Gasteiger partial charge in [-0.1, -0.05) is 12.1 Å². The summed E-state index contributed by atoms with van der Waals surface area (Å²) in [6, 6.07) is 12.6. The molecule has 1 heterocycles. The molecule has 0 bridgehead atoms. The minimum absolute atomic E-state index is 0.0160. The van der Waals surface area contributed by atoms with E-state index in [4.69, 9.17) is 0 Å². The zero-order chi connectivity index (χ0) is 17.8. The predicted octanol–water partition coefficient (Wildman–Crippen LogP) is 2.59. The topological polar surface area (TPSA) is 69.8 Å². The number of nitrogens with zero attached hydrogens (tertiary/aromatic N) is 3. The Morgan fingerprint density at radius 1 is 1.12 bits per heavy atom. The number of rotatable bonds is 5. The largest absolute Gasteiger partial charge is 0.387 e. The van der Waals surface area contributed by atoms with Crippen molar-refractivity contribution in [2.75, 3.05) is 37.6 Å². The van der Waals surface area contributed by atoms with Crippen molar-refractivity contribution in [1.82, 2.24) is 4.90 Å². The number of aliphatic hydroxyl groups excluding tert-OH is 1. The second-order valence-electron chi connectivity index (χ2n) is 6.13. The molecule has 132 valence electrons. The Labute approximate surface area is 145 Å². The van der Waals surface area contributed by atoms with Gasteiger partial charge >= 0.3 is 0 Å². The van der Waals surface area contributed by atoms with Crippen molar-refractivity contribution in [2.45, 2.75) is 6.10 Å². The van der Waals surface area contributed by atoms with Crippen LogP contribution in [0.3, 0.4) is 0 Å². The van der Waals surface area contributed by atoms with Gasteiger partial charge in [-0.05, 0) is 29.8 Å². The molecule has 25 heavy (non-hydrogen) atoms. The van der Waals surface area contributed by atoms with E-state index in [1.807, 2.05) is 0 Å². The van der Waals surface area contributed by atoms with Crippen molar-refractivity contribution in [3.05, 3.63) is 70.0 Å². The third-order valence-corrected chi connectivity index (χ3v) is 4.46. The quantitative estimate of drug-likeness (QED) is 0.666. The summed E-state index contributed by atoms with van der Waals surface area (Å²) < 4.78 is 13.0. The van der Waals surface area contributed by atoms with E-state index in [-0.39, 0.29) is 11.5 Å². The first-order valence-electron chi connectivity index (χ1n) is 8.18. The number of benzene rings is 2. The van der Waals surface area contributed by atoms with Crippen molar-refractivity contribution < 1.29 is 14.4 Å². The summed E-state index contributed by atoms with van der Waals surface area (Å²) in [5, 5.41) is 21.2. The van der Waals surface area contributed by atoms with Crippen molar-refractivity contribution >= 4 is 11.4 Å². The smallest absolute Gasteiger partial charge is 0.269 e. The molecular formula is C18H20FN3O3. The van der Waals surface area contributed by atoms with Gasteiger partial charge in [0.05, 0.1) is 11.0 Å². The molecule has 6 nitrogen and oxygen atoms in total. The van der Waals surface area contributed by atoms with Gasteiger partial charge in [-0.15, -0.1) is 0 Å². The molecule has 0 radical (unpaired) electrons. The van der Waals surface area contributed by atoms with Crippen LogP contribution in [0, 0.1) is 15.9 Å². The van der Waals surface area contributed by atoms with Crippen molar-refractivity contribution in [2.24, 2.45) is 0 Å². The van der Waals surface area contributed by atoms with Crippen molar-refractivity contribution in [3.8, 4) is 0 Å². The maximum absolute atomic E-state index is 13.0. The highest BCUT2D eigenvalue weighted by atomic mass is 19.1. The number of β-amino-alcohol motifs (C(OH)–C–C–N with tert-alkyl or cyclic N) is 1. The van der Waals surface area contributed by atoms with Gasteiger partial charge in [0.2, 0.25) is 0 Å². The molecule has 2 aromatic carbocycles. The lowest BCUT2D eigenvalue weighted by molar-refractivity contribution is -0.385. The van der Waals surface area contributed by atoms with Gasteiger partial charge in [-0.25, -0.2) is 4.39 Å². The Balaban J connectivity index is 1.55. The number of non-ortho nitro benzene ring substituents is 1. The number of hydrogen-bond acceptors (Lipinski definition) is 5. The molecule has 0 saturated carbocycles. The van der Waals surface area contributed by atoms with Crippen LogP contribution in [0.25, 0.3) is 0 Å². The molecule has 1 saturated heterocycles. The third-order valence-electron chi connectivity index (χ3n) is 4.46. The molecule has 1 aliphatic rings. The summed E-state index contributed by atoms with van der Waals surface area (Å²) in [5.74, 6) is -0.248. The van der Waals surface area contributed by atoms with Crippen LogP contribution in [-0.2, 0) is 0 Å². The maximum atomic E-state index is 13.0. The zero-order valence-corrected chi connectivity index (χ0v) is 13.7. The molecule has 1 N–H and O–H groups in total. The summed E-state index contributed by atoms with van der Waals surface area (Å²) in [5.41, 5.74) is 1.52. The van der Waals surface area contributed by atoms with E-state index in [1.165, 1.54) is 24.3 Å². The molecule has 7 heteroatoms. The number of nitro groups is 1. The minimum atomic E-state index is -0.766. The molecule has 0 aliphatic carbocycles. The number of nitro benzene ring substituents is 1. The molecule has 1 fully saturated rings. The molecule has 1 aliphatic heterocycles. The highest BCUT2D eigenvalue weighted by Gasteiger charge is 2.21. The highest BCUT2D eigenvalue weighted by molar-refractivity contribution is 5.46. The first-order chi connectivity index (χ1) is 12.0. The Hall–Kier alpha value is -2.51. The van der Waals surface area contributed by atoms with Gasteiger partial charge in [0.25, 0.3) is 5.69 Å². The van der Waals surface area contributed by atoms with Gasteiger partial charge in [-0.2, -0.15) is 0 Å². The third kappa shape index (κ3) is 4.32. The summed E-state index contributed by atoms with van der Waals surface area (Å²) >= 11 is 0. The van der Waals surface area contributed by atoms with Crippen LogP contribution >= 0.6 is 0 Å². The lowest BCUT2D eigenvalue weighted by atomic mass is 10.1. The molecule has 0 amide bonds. The lowest BCUT2D eigenvalue weighted by Crippen LogP contribution is -2.47. The number of anilines is 1. The van der Waals surface area contributed by atoms with E-state index in [9.17, 15) is 19.6 Å². The van der Waals surface area contributed by atoms with Gasteiger partial charge < -0.3 is 10.0 Å².